The van der Waals surface area contributed by atoms with Crippen molar-refractivity contribution in [2.45, 2.75) is 4.34 Å². The van der Waals surface area contributed by atoms with E-state index in [4.69, 9.17) is 0 Å². The SMILES string of the molecule is O=C(CSc1nc(-c2ccccc2)cs1)N/N=C/c1cccc2ccccc12. The molecule has 3 aromatic carbocycles. The molecule has 1 aromatic heterocycles. The summed E-state index contributed by atoms with van der Waals surface area (Å²) in [6.45, 7) is 0. The van der Waals surface area contributed by atoms with Crippen LogP contribution < -0.4 is 5.43 Å². The number of carbonyl (C=O) groups excluding carboxylic acids is 1. The standard InChI is InChI=1S/C22H17N3OS2/c26-21(15-28-22-24-20(14-27-22)17-8-2-1-3-9-17)25-23-13-18-11-6-10-16-7-4-5-12-19(16)18/h1-14H,15H2,(H,25,26)/b23-13+. The Morgan fingerprint density at radius 3 is 2.71 bits per heavy atom. The highest BCUT2D eigenvalue weighted by molar-refractivity contribution is 8.01. The normalized spacial score (nSPS) is 11.1. The number of rotatable bonds is 6. The first kappa shape index (κ1) is 18.4. The average molecular weight is 404 g/mol. The van der Waals surface area contributed by atoms with Crippen LogP contribution in [-0.2, 0) is 4.79 Å². The van der Waals surface area contributed by atoms with Crippen LogP contribution in [0.3, 0.4) is 0 Å². The fourth-order valence-corrected chi connectivity index (χ4v) is 4.39. The van der Waals surface area contributed by atoms with Crippen molar-refractivity contribution in [3.8, 4) is 11.3 Å². The summed E-state index contributed by atoms with van der Waals surface area (Å²) in [7, 11) is 0. The van der Waals surface area contributed by atoms with Crippen molar-refractivity contribution in [2.24, 2.45) is 5.10 Å². The van der Waals surface area contributed by atoms with Gasteiger partial charge in [0.2, 0.25) is 0 Å². The molecule has 0 aliphatic rings. The highest BCUT2D eigenvalue weighted by Crippen LogP contribution is 2.27. The van der Waals surface area contributed by atoms with E-state index in [1.807, 2.05) is 66.0 Å². The van der Waals surface area contributed by atoms with E-state index in [0.717, 1.165) is 31.9 Å². The van der Waals surface area contributed by atoms with E-state index < -0.39 is 0 Å². The monoisotopic (exact) mass is 403 g/mol. The summed E-state index contributed by atoms with van der Waals surface area (Å²) < 4.78 is 0.868. The summed E-state index contributed by atoms with van der Waals surface area (Å²) in [5.74, 6) is 0.118. The van der Waals surface area contributed by atoms with Gasteiger partial charge in [0.05, 0.1) is 17.7 Å². The van der Waals surface area contributed by atoms with Crippen LogP contribution in [-0.4, -0.2) is 22.9 Å². The molecule has 28 heavy (non-hydrogen) atoms. The molecule has 4 rings (SSSR count). The van der Waals surface area contributed by atoms with Crippen molar-refractivity contribution >= 4 is 46.0 Å². The van der Waals surface area contributed by atoms with Crippen molar-refractivity contribution in [3.05, 3.63) is 83.7 Å². The Labute approximate surface area is 171 Å². The summed E-state index contributed by atoms with van der Waals surface area (Å²) in [6, 6.07) is 24.1. The first-order chi connectivity index (χ1) is 13.8. The molecule has 0 aliphatic carbocycles. The third-order valence-corrected chi connectivity index (χ3v) is 6.12. The molecule has 1 heterocycles. The van der Waals surface area contributed by atoms with Gasteiger partial charge < -0.3 is 0 Å². The van der Waals surface area contributed by atoms with Crippen molar-refractivity contribution < 1.29 is 4.79 Å². The number of thiazole rings is 1. The molecular formula is C22H17N3OS2. The third-order valence-electron chi connectivity index (χ3n) is 4.10. The summed E-state index contributed by atoms with van der Waals surface area (Å²) in [4.78, 5) is 16.7. The lowest BCUT2D eigenvalue weighted by Crippen LogP contribution is -2.19. The van der Waals surface area contributed by atoms with Crippen molar-refractivity contribution in [3.63, 3.8) is 0 Å². The molecule has 0 unspecified atom stereocenters. The molecule has 0 spiro atoms. The minimum Gasteiger partial charge on any atom is -0.272 e. The quantitative estimate of drug-likeness (QED) is 0.273. The molecule has 1 amide bonds. The molecule has 0 saturated carbocycles. The lowest BCUT2D eigenvalue weighted by Gasteiger charge is -2.01. The molecule has 4 nitrogen and oxygen atoms in total. The Bertz CT molecular complexity index is 1120. The summed E-state index contributed by atoms with van der Waals surface area (Å²) in [6.07, 6.45) is 1.68. The Morgan fingerprint density at radius 2 is 1.82 bits per heavy atom. The molecule has 6 heteroatoms. The van der Waals surface area contributed by atoms with E-state index in [-0.39, 0.29) is 11.7 Å². The number of benzene rings is 3. The van der Waals surface area contributed by atoms with Crippen molar-refractivity contribution in [1.29, 1.82) is 0 Å². The lowest BCUT2D eigenvalue weighted by atomic mass is 10.1. The summed E-state index contributed by atoms with van der Waals surface area (Å²) >= 11 is 2.96. The van der Waals surface area contributed by atoms with Crippen LogP contribution in [0.2, 0.25) is 0 Å². The molecule has 0 radical (unpaired) electrons. The number of hydrazone groups is 1. The topological polar surface area (TPSA) is 54.4 Å². The largest absolute Gasteiger partial charge is 0.272 e. The van der Waals surface area contributed by atoms with Gasteiger partial charge in [0.25, 0.3) is 5.91 Å². The Morgan fingerprint density at radius 1 is 1.04 bits per heavy atom. The summed E-state index contributed by atoms with van der Waals surface area (Å²) in [5, 5.41) is 8.36. The number of hydrogen-bond donors (Lipinski definition) is 1. The Hall–Kier alpha value is -2.96. The second-order valence-electron chi connectivity index (χ2n) is 6.01. The molecule has 0 saturated heterocycles. The van der Waals surface area contributed by atoms with E-state index in [1.165, 1.54) is 11.8 Å². The predicted molar refractivity (Wildman–Crippen MR) is 118 cm³/mol. The maximum Gasteiger partial charge on any atom is 0.250 e. The second-order valence-corrected chi connectivity index (χ2v) is 8.10. The zero-order chi connectivity index (χ0) is 19.2. The number of nitrogens with one attached hydrogen (secondary N) is 1. The number of thioether (sulfide) groups is 1. The van der Waals surface area contributed by atoms with E-state index >= 15 is 0 Å². The van der Waals surface area contributed by atoms with E-state index in [1.54, 1.807) is 17.6 Å². The number of hydrogen-bond acceptors (Lipinski definition) is 5. The van der Waals surface area contributed by atoms with E-state index in [9.17, 15) is 4.79 Å². The minimum atomic E-state index is -0.155. The number of carbonyl (C=O) groups is 1. The minimum absolute atomic E-state index is 0.155. The molecule has 0 bridgehead atoms. The third kappa shape index (κ3) is 4.47. The van der Waals surface area contributed by atoms with Gasteiger partial charge in [-0.05, 0) is 10.8 Å². The highest BCUT2D eigenvalue weighted by atomic mass is 32.2. The fraction of sp³-hybridized carbons (Fsp3) is 0.0455. The number of nitrogens with zero attached hydrogens (tertiary/aromatic N) is 2. The molecule has 0 fully saturated rings. The van der Waals surface area contributed by atoms with Gasteiger partial charge in [0.15, 0.2) is 4.34 Å². The van der Waals surface area contributed by atoms with Crippen molar-refractivity contribution in [1.82, 2.24) is 10.4 Å². The van der Waals surface area contributed by atoms with Crippen LogP contribution in [0.15, 0.2) is 87.6 Å². The van der Waals surface area contributed by atoms with E-state index in [2.05, 4.69) is 27.6 Å². The fourth-order valence-electron chi connectivity index (χ4n) is 2.76. The van der Waals surface area contributed by atoms with Gasteiger partial charge in [0, 0.05) is 16.5 Å². The van der Waals surface area contributed by atoms with Gasteiger partial charge in [-0.15, -0.1) is 11.3 Å². The number of amides is 1. The molecule has 138 valence electrons. The number of fused-ring (bicyclic) bond motifs is 1. The van der Waals surface area contributed by atoms with Gasteiger partial charge in [-0.1, -0.05) is 84.6 Å². The molecular weight excluding hydrogens is 386 g/mol. The maximum atomic E-state index is 12.1. The van der Waals surface area contributed by atoms with Crippen LogP contribution >= 0.6 is 23.1 Å². The van der Waals surface area contributed by atoms with E-state index in [0.29, 0.717) is 0 Å². The van der Waals surface area contributed by atoms with Crippen LogP contribution in [0.4, 0.5) is 0 Å². The zero-order valence-corrected chi connectivity index (χ0v) is 16.5. The van der Waals surface area contributed by atoms with Crippen LogP contribution in [0.5, 0.6) is 0 Å². The first-order valence-corrected chi connectivity index (χ1v) is 10.6. The molecule has 0 aliphatic heterocycles. The molecule has 4 aromatic rings. The molecule has 0 atom stereocenters. The highest BCUT2D eigenvalue weighted by Gasteiger charge is 2.07. The predicted octanol–water partition coefficient (Wildman–Crippen LogP) is 5.21. The maximum absolute atomic E-state index is 12.1. The van der Waals surface area contributed by atoms with Crippen LogP contribution in [0.25, 0.3) is 22.0 Å². The van der Waals surface area contributed by atoms with Crippen LogP contribution in [0.1, 0.15) is 5.56 Å². The Balaban J connectivity index is 1.33. The van der Waals surface area contributed by atoms with Gasteiger partial charge in [-0.2, -0.15) is 5.10 Å². The van der Waals surface area contributed by atoms with Gasteiger partial charge in [-0.25, -0.2) is 10.4 Å². The Kier molecular flexibility index (Phi) is 5.80. The first-order valence-electron chi connectivity index (χ1n) is 8.73. The van der Waals surface area contributed by atoms with Gasteiger partial charge in [-0.3, -0.25) is 4.79 Å². The second kappa shape index (κ2) is 8.82. The average Bonchev–Trinajstić information content (AvgIpc) is 3.22. The van der Waals surface area contributed by atoms with Crippen LogP contribution in [0, 0.1) is 0 Å². The number of aromatic nitrogens is 1. The van der Waals surface area contributed by atoms with Gasteiger partial charge >= 0.3 is 0 Å². The van der Waals surface area contributed by atoms with Gasteiger partial charge in [0.1, 0.15) is 0 Å². The lowest BCUT2D eigenvalue weighted by molar-refractivity contribution is -0.118. The zero-order valence-electron chi connectivity index (χ0n) is 14.9. The summed E-state index contributed by atoms with van der Waals surface area (Å²) in [5.41, 5.74) is 5.57. The molecule has 1 N–H and O–H groups in total. The smallest absolute Gasteiger partial charge is 0.250 e. The van der Waals surface area contributed by atoms with Crippen molar-refractivity contribution in [2.75, 3.05) is 5.75 Å².